The summed E-state index contributed by atoms with van der Waals surface area (Å²) in [6, 6.07) is 4.66. The Balaban J connectivity index is 1.84. The lowest BCUT2D eigenvalue weighted by molar-refractivity contribution is 0.307. The molecule has 1 saturated carbocycles. The lowest BCUT2D eigenvalue weighted by atomic mass is 9.88. The number of hydrogen-bond acceptors (Lipinski definition) is 3. The van der Waals surface area contributed by atoms with Crippen molar-refractivity contribution in [2.45, 2.75) is 57.4 Å². The van der Waals surface area contributed by atoms with Gasteiger partial charge in [0.1, 0.15) is 0 Å². The zero-order valence-electron chi connectivity index (χ0n) is 11.1. The van der Waals surface area contributed by atoms with Crippen molar-refractivity contribution in [3.05, 3.63) is 30.1 Å². The normalized spacial score (nSPS) is 19.4. The first-order valence-corrected chi connectivity index (χ1v) is 7.25. The van der Waals surface area contributed by atoms with E-state index in [9.17, 15) is 0 Å². The molecule has 0 radical (unpaired) electrons. The predicted octanol–water partition coefficient (Wildman–Crippen LogP) is 2.82. The average molecular weight is 247 g/mol. The molecule has 1 fully saturated rings. The van der Waals surface area contributed by atoms with E-state index in [2.05, 4.69) is 22.5 Å². The number of hydrogen-bond donors (Lipinski definition) is 2. The van der Waals surface area contributed by atoms with Gasteiger partial charge < -0.3 is 0 Å². The zero-order valence-corrected chi connectivity index (χ0v) is 11.1. The first kappa shape index (κ1) is 13.5. The molecule has 0 spiro atoms. The first-order chi connectivity index (χ1) is 8.90. The quantitative estimate of drug-likeness (QED) is 0.478. The Kier molecular flexibility index (Phi) is 5.62. The summed E-state index contributed by atoms with van der Waals surface area (Å²) in [6.45, 7) is 0. The second-order valence-corrected chi connectivity index (χ2v) is 5.42. The van der Waals surface area contributed by atoms with Gasteiger partial charge in [-0.1, -0.05) is 25.7 Å². The van der Waals surface area contributed by atoms with Crippen LogP contribution in [0.2, 0.25) is 0 Å². The number of aryl methyl sites for hydroxylation is 1. The Morgan fingerprint density at radius 2 is 1.83 bits per heavy atom. The highest BCUT2D eigenvalue weighted by atomic mass is 15.2. The van der Waals surface area contributed by atoms with Gasteiger partial charge in [-0.3, -0.25) is 16.3 Å². The zero-order chi connectivity index (χ0) is 12.6. The molecular formula is C15H25N3. The van der Waals surface area contributed by atoms with Crippen molar-refractivity contribution < 1.29 is 0 Å². The van der Waals surface area contributed by atoms with Crippen molar-refractivity contribution in [3.63, 3.8) is 0 Å². The second-order valence-electron chi connectivity index (χ2n) is 5.42. The van der Waals surface area contributed by atoms with E-state index in [-0.39, 0.29) is 0 Å². The molecule has 0 aromatic carbocycles. The van der Waals surface area contributed by atoms with Crippen LogP contribution in [0, 0.1) is 5.92 Å². The lowest BCUT2D eigenvalue weighted by Crippen LogP contribution is -2.41. The summed E-state index contributed by atoms with van der Waals surface area (Å²) in [5, 5.41) is 0. The maximum Gasteiger partial charge on any atom is 0.0270 e. The molecule has 1 aromatic rings. The van der Waals surface area contributed by atoms with Gasteiger partial charge in [-0.2, -0.15) is 0 Å². The highest BCUT2D eigenvalue weighted by Gasteiger charge is 2.21. The molecule has 18 heavy (non-hydrogen) atoms. The van der Waals surface area contributed by atoms with Gasteiger partial charge in [0.05, 0.1) is 0 Å². The summed E-state index contributed by atoms with van der Waals surface area (Å²) in [5.41, 5.74) is 4.41. The largest absolute Gasteiger partial charge is 0.271 e. The smallest absolute Gasteiger partial charge is 0.0270 e. The lowest BCUT2D eigenvalue weighted by Gasteiger charge is -2.25. The summed E-state index contributed by atoms with van der Waals surface area (Å²) in [7, 11) is 0. The van der Waals surface area contributed by atoms with Crippen molar-refractivity contribution in [1.29, 1.82) is 0 Å². The molecule has 1 atom stereocenters. The van der Waals surface area contributed by atoms with Crippen molar-refractivity contribution >= 4 is 0 Å². The van der Waals surface area contributed by atoms with E-state index in [0.29, 0.717) is 6.04 Å². The SMILES string of the molecule is NNC(CCc1ccncc1)C1CCCCCC1. The van der Waals surface area contributed by atoms with Gasteiger partial charge in [0.15, 0.2) is 0 Å². The van der Waals surface area contributed by atoms with Crippen LogP contribution in [0.25, 0.3) is 0 Å². The van der Waals surface area contributed by atoms with E-state index < -0.39 is 0 Å². The summed E-state index contributed by atoms with van der Waals surface area (Å²) in [4.78, 5) is 4.05. The molecule has 1 unspecified atom stereocenters. The first-order valence-electron chi connectivity index (χ1n) is 7.25. The molecule has 1 aliphatic carbocycles. The molecule has 1 heterocycles. The molecule has 2 rings (SSSR count). The van der Waals surface area contributed by atoms with Gasteiger partial charge in [-0.25, -0.2) is 0 Å². The number of aromatic nitrogens is 1. The van der Waals surface area contributed by atoms with E-state index >= 15 is 0 Å². The van der Waals surface area contributed by atoms with E-state index in [0.717, 1.165) is 18.8 Å². The summed E-state index contributed by atoms with van der Waals surface area (Å²) < 4.78 is 0. The molecule has 3 N–H and O–H groups in total. The van der Waals surface area contributed by atoms with Gasteiger partial charge in [-0.05, 0) is 49.3 Å². The van der Waals surface area contributed by atoms with Crippen molar-refractivity contribution in [3.8, 4) is 0 Å². The van der Waals surface area contributed by atoms with E-state index in [1.807, 2.05) is 12.4 Å². The highest BCUT2D eigenvalue weighted by molar-refractivity contribution is 5.09. The van der Waals surface area contributed by atoms with Gasteiger partial charge in [-0.15, -0.1) is 0 Å². The van der Waals surface area contributed by atoms with Crippen LogP contribution in [-0.4, -0.2) is 11.0 Å². The summed E-state index contributed by atoms with van der Waals surface area (Å²) in [5.74, 6) is 6.52. The molecular weight excluding hydrogens is 222 g/mol. The topological polar surface area (TPSA) is 50.9 Å². The average Bonchev–Trinajstić information content (AvgIpc) is 2.70. The van der Waals surface area contributed by atoms with Gasteiger partial charge in [0, 0.05) is 18.4 Å². The highest BCUT2D eigenvalue weighted by Crippen LogP contribution is 2.27. The molecule has 0 aliphatic heterocycles. The van der Waals surface area contributed by atoms with Crippen LogP contribution >= 0.6 is 0 Å². The minimum absolute atomic E-state index is 0.469. The van der Waals surface area contributed by atoms with Crippen LogP contribution in [0.15, 0.2) is 24.5 Å². The Morgan fingerprint density at radius 1 is 1.17 bits per heavy atom. The Labute approximate surface area is 110 Å². The van der Waals surface area contributed by atoms with Gasteiger partial charge >= 0.3 is 0 Å². The minimum Gasteiger partial charge on any atom is -0.271 e. The van der Waals surface area contributed by atoms with Crippen LogP contribution < -0.4 is 11.3 Å². The standard InChI is InChI=1S/C15H25N3/c16-18-15(14-5-3-1-2-4-6-14)8-7-13-9-11-17-12-10-13/h9-12,14-15,18H,1-8,16H2. The minimum atomic E-state index is 0.469. The fourth-order valence-electron chi connectivity index (χ4n) is 3.04. The number of nitrogens with zero attached hydrogens (tertiary/aromatic N) is 1. The van der Waals surface area contributed by atoms with Gasteiger partial charge in [0.25, 0.3) is 0 Å². The molecule has 0 amide bonds. The number of nitrogens with one attached hydrogen (secondary N) is 1. The fraction of sp³-hybridized carbons (Fsp3) is 0.667. The monoisotopic (exact) mass is 247 g/mol. The molecule has 3 nitrogen and oxygen atoms in total. The molecule has 3 heteroatoms. The van der Waals surface area contributed by atoms with Crippen molar-refractivity contribution in [2.75, 3.05) is 0 Å². The fourth-order valence-corrected chi connectivity index (χ4v) is 3.04. The van der Waals surface area contributed by atoms with E-state index in [4.69, 9.17) is 5.84 Å². The van der Waals surface area contributed by atoms with Crippen LogP contribution in [0.3, 0.4) is 0 Å². The van der Waals surface area contributed by atoms with Crippen LogP contribution in [0.1, 0.15) is 50.5 Å². The molecule has 100 valence electrons. The molecule has 0 bridgehead atoms. The van der Waals surface area contributed by atoms with E-state index in [1.54, 1.807) is 0 Å². The second kappa shape index (κ2) is 7.49. The third-order valence-electron chi connectivity index (χ3n) is 4.18. The van der Waals surface area contributed by atoms with Crippen LogP contribution in [0.4, 0.5) is 0 Å². The number of pyridine rings is 1. The third-order valence-corrected chi connectivity index (χ3v) is 4.18. The maximum absolute atomic E-state index is 5.76. The Hall–Kier alpha value is -0.930. The van der Waals surface area contributed by atoms with E-state index in [1.165, 1.54) is 44.1 Å². The summed E-state index contributed by atoms with van der Waals surface area (Å²) in [6.07, 6.45) is 14.2. The molecule has 0 saturated heterocycles. The number of hydrazine groups is 1. The predicted molar refractivity (Wildman–Crippen MR) is 74.9 cm³/mol. The van der Waals surface area contributed by atoms with Crippen molar-refractivity contribution in [1.82, 2.24) is 10.4 Å². The van der Waals surface area contributed by atoms with Gasteiger partial charge in [0.2, 0.25) is 0 Å². The van der Waals surface area contributed by atoms with Crippen LogP contribution in [-0.2, 0) is 6.42 Å². The van der Waals surface area contributed by atoms with Crippen LogP contribution in [0.5, 0.6) is 0 Å². The number of nitrogens with two attached hydrogens (primary N) is 1. The maximum atomic E-state index is 5.76. The molecule has 1 aromatic heterocycles. The Bertz CT molecular complexity index is 318. The van der Waals surface area contributed by atoms with Crippen molar-refractivity contribution in [2.24, 2.45) is 11.8 Å². The Morgan fingerprint density at radius 3 is 2.44 bits per heavy atom. The molecule has 1 aliphatic rings. The number of rotatable bonds is 5. The third kappa shape index (κ3) is 4.07. The summed E-state index contributed by atoms with van der Waals surface area (Å²) >= 11 is 0.